The van der Waals surface area contributed by atoms with Gasteiger partial charge in [0.25, 0.3) is 0 Å². The lowest BCUT2D eigenvalue weighted by molar-refractivity contribution is -0.134. The normalized spacial score (nSPS) is 19.2. The summed E-state index contributed by atoms with van der Waals surface area (Å²) in [5.41, 5.74) is 1.08. The molecule has 1 fully saturated rings. The predicted molar refractivity (Wildman–Crippen MR) is 73.3 cm³/mol. The van der Waals surface area contributed by atoms with E-state index in [0.29, 0.717) is 19.3 Å². The zero-order chi connectivity index (χ0) is 13.7. The molecule has 1 atom stereocenters. The lowest BCUT2D eigenvalue weighted by Gasteiger charge is -2.19. The van der Waals surface area contributed by atoms with Crippen molar-refractivity contribution < 1.29 is 14.3 Å². The largest absolute Gasteiger partial charge is 0.497 e. The molecular weight excluding hydrogens is 240 g/mol. The fourth-order valence-corrected chi connectivity index (χ4v) is 2.59. The molecule has 1 aromatic rings. The first-order chi connectivity index (χ1) is 9.20. The summed E-state index contributed by atoms with van der Waals surface area (Å²) in [6.45, 7) is 0. The van der Waals surface area contributed by atoms with Gasteiger partial charge in [-0.25, -0.2) is 0 Å². The number of Topliss-reactive ketones (excluding diaryl/α,β-unsaturated/α-hetero) is 2. The van der Waals surface area contributed by atoms with Crippen molar-refractivity contribution in [1.82, 2.24) is 0 Å². The van der Waals surface area contributed by atoms with Gasteiger partial charge < -0.3 is 4.74 Å². The molecule has 0 bridgehead atoms. The van der Waals surface area contributed by atoms with Crippen LogP contribution in [0.15, 0.2) is 24.3 Å². The number of hydrogen-bond acceptors (Lipinski definition) is 3. The Morgan fingerprint density at radius 3 is 2.95 bits per heavy atom. The van der Waals surface area contributed by atoms with E-state index in [1.807, 2.05) is 24.3 Å². The molecular formula is C16H20O3. The van der Waals surface area contributed by atoms with Crippen LogP contribution < -0.4 is 4.74 Å². The van der Waals surface area contributed by atoms with Crippen LogP contribution in [-0.4, -0.2) is 18.7 Å². The van der Waals surface area contributed by atoms with Gasteiger partial charge in [-0.3, -0.25) is 9.59 Å². The highest BCUT2D eigenvalue weighted by Crippen LogP contribution is 2.23. The van der Waals surface area contributed by atoms with Gasteiger partial charge in [0, 0.05) is 12.8 Å². The van der Waals surface area contributed by atoms with Crippen LogP contribution in [0.25, 0.3) is 0 Å². The molecule has 2 rings (SSSR count). The van der Waals surface area contributed by atoms with Gasteiger partial charge in [-0.05, 0) is 37.0 Å². The van der Waals surface area contributed by atoms with E-state index in [2.05, 4.69) is 0 Å². The van der Waals surface area contributed by atoms with Crippen molar-refractivity contribution in [3.8, 4) is 5.75 Å². The lowest BCUT2D eigenvalue weighted by Crippen LogP contribution is -2.27. The molecule has 0 N–H and O–H groups in total. The number of methoxy groups -OCH3 is 1. The van der Waals surface area contributed by atoms with E-state index in [-0.39, 0.29) is 17.5 Å². The van der Waals surface area contributed by atoms with Gasteiger partial charge in [0.05, 0.1) is 13.0 Å². The maximum atomic E-state index is 12.1. The number of carbonyl (C=O) groups excluding carboxylic acids is 2. The average Bonchev–Trinajstić information content (AvgIpc) is 2.45. The Morgan fingerprint density at radius 2 is 2.21 bits per heavy atom. The lowest BCUT2D eigenvalue weighted by atomic mass is 9.83. The van der Waals surface area contributed by atoms with Gasteiger partial charge >= 0.3 is 0 Å². The number of rotatable bonds is 5. The molecule has 3 nitrogen and oxygen atoms in total. The summed E-state index contributed by atoms with van der Waals surface area (Å²) in [7, 11) is 1.63. The molecule has 19 heavy (non-hydrogen) atoms. The highest BCUT2D eigenvalue weighted by atomic mass is 16.5. The van der Waals surface area contributed by atoms with E-state index < -0.39 is 0 Å². The minimum Gasteiger partial charge on any atom is -0.497 e. The monoisotopic (exact) mass is 260 g/mol. The number of ketones is 2. The van der Waals surface area contributed by atoms with E-state index in [4.69, 9.17) is 4.74 Å². The Balaban J connectivity index is 1.90. The standard InChI is InChI=1S/C16H20O3/c1-19-13-6-4-5-12(11-13)9-10-16(18)14-7-2-3-8-15(14)17/h4-6,11,14H,2-3,7-10H2,1H3. The van der Waals surface area contributed by atoms with Crippen molar-refractivity contribution in [2.75, 3.05) is 7.11 Å². The van der Waals surface area contributed by atoms with Crippen molar-refractivity contribution in [1.29, 1.82) is 0 Å². The van der Waals surface area contributed by atoms with Gasteiger partial charge in [-0.2, -0.15) is 0 Å². The Kier molecular flexibility index (Phi) is 4.72. The van der Waals surface area contributed by atoms with Crippen LogP contribution in [-0.2, 0) is 16.0 Å². The zero-order valence-corrected chi connectivity index (χ0v) is 11.4. The van der Waals surface area contributed by atoms with Gasteiger partial charge in [0.2, 0.25) is 0 Å². The van der Waals surface area contributed by atoms with E-state index in [0.717, 1.165) is 30.6 Å². The number of benzene rings is 1. The van der Waals surface area contributed by atoms with Crippen LogP contribution in [0.1, 0.15) is 37.7 Å². The summed E-state index contributed by atoms with van der Waals surface area (Å²) in [5, 5.41) is 0. The van der Waals surface area contributed by atoms with Crippen LogP contribution >= 0.6 is 0 Å². The van der Waals surface area contributed by atoms with Crippen LogP contribution in [0.5, 0.6) is 5.75 Å². The highest BCUT2D eigenvalue weighted by molar-refractivity contribution is 6.02. The van der Waals surface area contributed by atoms with Gasteiger partial charge in [-0.15, -0.1) is 0 Å². The van der Waals surface area contributed by atoms with Gasteiger partial charge in [0.1, 0.15) is 17.3 Å². The Bertz CT molecular complexity index is 465. The molecule has 1 aromatic carbocycles. The average molecular weight is 260 g/mol. The molecule has 102 valence electrons. The number of ether oxygens (including phenoxy) is 1. The third-order valence-corrected chi connectivity index (χ3v) is 3.74. The van der Waals surface area contributed by atoms with E-state index in [9.17, 15) is 9.59 Å². The van der Waals surface area contributed by atoms with Crippen LogP contribution in [0.4, 0.5) is 0 Å². The third-order valence-electron chi connectivity index (χ3n) is 3.74. The number of aryl methyl sites for hydroxylation is 1. The maximum Gasteiger partial charge on any atom is 0.143 e. The topological polar surface area (TPSA) is 43.4 Å². The Morgan fingerprint density at radius 1 is 1.37 bits per heavy atom. The number of hydrogen-bond donors (Lipinski definition) is 0. The zero-order valence-electron chi connectivity index (χ0n) is 11.4. The van der Waals surface area contributed by atoms with Gasteiger partial charge in [0.15, 0.2) is 0 Å². The molecule has 0 radical (unpaired) electrons. The predicted octanol–water partition coefficient (Wildman–Crippen LogP) is 2.96. The third kappa shape index (κ3) is 3.66. The van der Waals surface area contributed by atoms with Crippen LogP contribution in [0.2, 0.25) is 0 Å². The molecule has 0 amide bonds. The molecule has 1 aliphatic rings. The van der Waals surface area contributed by atoms with Crippen molar-refractivity contribution in [2.24, 2.45) is 5.92 Å². The summed E-state index contributed by atoms with van der Waals surface area (Å²) in [6.07, 6.45) is 4.40. The second-order valence-corrected chi connectivity index (χ2v) is 5.08. The summed E-state index contributed by atoms with van der Waals surface area (Å²) in [4.78, 5) is 23.8. The van der Waals surface area contributed by atoms with Crippen molar-refractivity contribution in [3.05, 3.63) is 29.8 Å². The fourth-order valence-electron chi connectivity index (χ4n) is 2.59. The first-order valence-electron chi connectivity index (χ1n) is 6.89. The summed E-state index contributed by atoms with van der Waals surface area (Å²) < 4.78 is 5.16. The van der Waals surface area contributed by atoms with E-state index in [1.165, 1.54) is 0 Å². The molecule has 1 unspecified atom stereocenters. The van der Waals surface area contributed by atoms with Gasteiger partial charge in [-0.1, -0.05) is 18.6 Å². The molecule has 0 saturated heterocycles. The minimum absolute atomic E-state index is 0.104. The smallest absolute Gasteiger partial charge is 0.143 e. The molecule has 0 spiro atoms. The highest BCUT2D eigenvalue weighted by Gasteiger charge is 2.28. The summed E-state index contributed by atoms with van der Waals surface area (Å²) in [5.74, 6) is 0.715. The van der Waals surface area contributed by atoms with Crippen molar-refractivity contribution >= 4 is 11.6 Å². The maximum absolute atomic E-state index is 12.1. The quantitative estimate of drug-likeness (QED) is 0.764. The second kappa shape index (κ2) is 6.50. The molecule has 0 aliphatic heterocycles. The second-order valence-electron chi connectivity index (χ2n) is 5.08. The van der Waals surface area contributed by atoms with Crippen LogP contribution in [0.3, 0.4) is 0 Å². The molecule has 1 saturated carbocycles. The van der Waals surface area contributed by atoms with Crippen molar-refractivity contribution in [2.45, 2.75) is 38.5 Å². The fraction of sp³-hybridized carbons (Fsp3) is 0.500. The summed E-state index contributed by atoms with van der Waals surface area (Å²) in [6, 6.07) is 7.73. The molecule has 0 aromatic heterocycles. The number of carbonyl (C=O) groups is 2. The molecule has 0 heterocycles. The Labute approximate surface area is 114 Å². The minimum atomic E-state index is -0.334. The van der Waals surface area contributed by atoms with E-state index in [1.54, 1.807) is 7.11 Å². The first kappa shape index (κ1) is 13.8. The van der Waals surface area contributed by atoms with E-state index >= 15 is 0 Å². The first-order valence-corrected chi connectivity index (χ1v) is 6.89. The SMILES string of the molecule is COc1cccc(CCC(=O)C2CCCCC2=O)c1. The van der Waals surface area contributed by atoms with Crippen LogP contribution in [0, 0.1) is 5.92 Å². The summed E-state index contributed by atoms with van der Waals surface area (Å²) >= 11 is 0. The molecule has 1 aliphatic carbocycles. The van der Waals surface area contributed by atoms with Crippen molar-refractivity contribution in [3.63, 3.8) is 0 Å². The Hall–Kier alpha value is -1.64. The molecule has 3 heteroatoms.